The molecular formula is C15H11F4NO. The highest BCUT2D eigenvalue weighted by molar-refractivity contribution is 6.04. The molecule has 0 saturated carbocycles. The summed E-state index contributed by atoms with van der Waals surface area (Å²) in [6.45, 7) is 1.68. The molecule has 1 N–H and O–H groups in total. The minimum Gasteiger partial charge on any atom is -0.322 e. The summed E-state index contributed by atoms with van der Waals surface area (Å²) in [6, 6.07) is 8.13. The first-order chi connectivity index (χ1) is 9.77. The summed E-state index contributed by atoms with van der Waals surface area (Å²) in [7, 11) is 0. The zero-order valence-corrected chi connectivity index (χ0v) is 11.0. The van der Waals surface area contributed by atoms with Crippen molar-refractivity contribution in [3.05, 3.63) is 65.0 Å². The smallest absolute Gasteiger partial charge is 0.322 e. The van der Waals surface area contributed by atoms with Gasteiger partial charge in [-0.25, -0.2) is 4.39 Å². The Hall–Kier alpha value is -2.37. The van der Waals surface area contributed by atoms with Gasteiger partial charge < -0.3 is 5.32 Å². The topological polar surface area (TPSA) is 29.1 Å². The van der Waals surface area contributed by atoms with Crippen LogP contribution in [0.4, 0.5) is 23.2 Å². The number of nitrogens with one attached hydrogen (secondary N) is 1. The first-order valence-electron chi connectivity index (χ1n) is 6.02. The fourth-order valence-corrected chi connectivity index (χ4v) is 1.78. The predicted molar refractivity (Wildman–Crippen MR) is 70.5 cm³/mol. The van der Waals surface area contributed by atoms with Crippen LogP contribution in [0.1, 0.15) is 21.5 Å². The Morgan fingerprint density at radius 3 is 2.48 bits per heavy atom. The Kier molecular flexibility index (Phi) is 3.97. The van der Waals surface area contributed by atoms with Gasteiger partial charge in [-0.05, 0) is 37.3 Å². The molecule has 2 aromatic carbocycles. The van der Waals surface area contributed by atoms with Crippen LogP contribution in [-0.2, 0) is 6.18 Å². The Morgan fingerprint density at radius 2 is 1.81 bits per heavy atom. The Bertz CT molecular complexity index is 680. The molecule has 0 saturated heterocycles. The lowest BCUT2D eigenvalue weighted by atomic mass is 10.1. The Balaban J connectivity index is 2.26. The van der Waals surface area contributed by atoms with E-state index >= 15 is 0 Å². The lowest BCUT2D eigenvalue weighted by Gasteiger charge is -2.10. The van der Waals surface area contributed by atoms with Gasteiger partial charge in [0.1, 0.15) is 5.82 Å². The van der Waals surface area contributed by atoms with E-state index in [9.17, 15) is 22.4 Å². The van der Waals surface area contributed by atoms with Crippen molar-refractivity contribution in [3.63, 3.8) is 0 Å². The van der Waals surface area contributed by atoms with Crippen molar-refractivity contribution < 1.29 is 22.4 Å². The van der Waals surface area contributed by atoms with E-state index in [1.165, 1.54) is 24.3 Å². The lowest BCUT2D eigenvalue weighted by molar-refractivity contribution is -0.137. The first-order valence-corrected chi connectivity index (χ1v) is 6.02. The third kappa shape index (κ3) is 3.59. The minimum absolute atomic E-state index is 0.0456. The molecule has 1 amide bonds. The van der Waals surface area contributed by atoms with Crippen LogP contribution in [-0.4, -0.2) is 5.91 Å². The minimum atomic E-state index is -4.50. The summed E-state index contributed by atoms with van der Waals surface area (Å²) >= 11 is 0. The molecule has 0 aliphatic carbocycles. The fourth-order valence-electron chi connectivity index (χ4n) is 1.78. The molecule has 0 fully saturated rings. The molecular weight excluding hydrogens is 286 g/mol. The summed E-state index contributed by atoms with van der Waals surface area (Å²) in [5, 5.41) is 2.26. The van der Waals surface area contributed by atoms with Gasteiger partial charge in [-0.2, -0.15) is 13.2 Å². The molecule has 0 atom stereocenters. The van der Waals surface area contributed by atoms with Gasteiger partial charge in [0.2, 0.25) is 0 Å². The number of rotatable bonds is 2. The van der Waals surface area contributed by atoms with Gasteiger partial charge in [0.25, 0.3) is 5.91 Å². The summed E-state index contributed by atoms with van der Waals surface area (Å²) in [6.07, 6.45) is -4.50. The number of aryl methyl sites for hydroxylation is 1. The van der Waals surface area contributed by atoms with Gasteiger partial charge in [0.15, 0.2) is 0 Å². The van der Waals surface area contributed by atoms with Gasteiger partial charge in [-0.15, -0.1) is 0 Å². The van der Waals surface area contributed by atoms with E-state index in [0.29, 0.717) is 5.56 Å². The summed E-state index contributed by atoms with van der Waals surface area (Å²) < 4.78 is 51.3. The summed E-state index contributed by atoms with van der Waals surface area (Å²) in [5.74, 6) is -1.53. The Morgan fingerprint density at radius 1 is 1.10 bits per heavy atom. The normalized spacial score (nSPS) is 11.3. The SMILES string of the molecule is Cc1ccc(F)c(C(=O)Nc2cccc(C(F)(F)F)c2)c1. The van der Waals surface area contributed by atoms with Gasteiger partial charge in [0, 0.05) is 5.69 Å². The van der Waals surface area contributed by atoms with Crippen molar-refractivity contribution in [1.29, 1.82) is 0 Å². The average molecular weight is 297 g/mol. The van der Waals surface area contributed by atoms with E-state index in [0.717, 1.165) is 18.2 Å². The monoisotopic (exact) mass is 297 g/mol. The number of halogens is 4. The maximum Gasteiger partial charge on any atom is 0.416 e. The molecule has 0 aliphatic rings. The third-order valence-electron chi connectivity index (χ3n) is 2.81. The van der Waals surface area contributed by atoms with Crippen LogP contribution in [0.15, 0.2) is 42.5 Å². The quantitative estimate of drug-likeness (QED) is 0.818. The number of hydrogen-bond donors (Lipinski definition) is 1. The molecule has 6 heteroatoms. The number of hydrogen-bond acceptors (Lipinski definition) is 1. The molecule has 0 aromatic heterocycles. The number of alkyl halides is 3. The highest BCUT2D eigenvalue weighted by Crippen LogP contribution is 2.30. The molecule has 0 radical (unpaired) electrons. The van der Waals surface area contributed by atoms with Gasteiger partial charge >= 0.3 is 6.18 Å². The first kappa shape index (κ1) is 15.0. The zero-order valence-electron chi connectivity index (χ0n) is 11.0. The van der Waals surface area contributed by atoms with Crippen LogP contribution >= 0.6 is 0 Å². The summed E-state index contributed by atoms with van der Waals surface area (Å²) in [5.41, 5.74) is -0.473. The van der Waals surface area contributed by atoms with E-state index in [1.54, 1.807) is 6.92 Å². The van der Waals surface area contributed by atoms with Crippen molar-refractivity contribution in [3.8, 4) is 0 Å². The molecule has 0 bridgehead atoms. The van der Waals surface area contributed by atoms with E-state index in [1.807, 2.05) is 0 Å². The lowest BCUT2D eigenvalue weighted by Crippen LogP contribution is -2.15. The molecule has 0 spiro atoms. The van der Waals surface area contributed by atoms with E-state index in [2.05, 4.69) is 5.32 Å². The molecule has 21 heavy (non-hydrogen) atoms. The van der Waals surface area contributed by atoms with Crippen LogP contribution in [0.3, 0.4) is 0 Å². The molecule has 0 unspecified atom stereocenters. The second-order valence-corrected chi connectivity index (χ2v) is 4.52. The Labute approximate surface area is 118 Å². The van der Waals surface area contributed by atoms with Crippen LogP contribution in [0.5, 0.6) is 0 Å². The van der Waals surface area contributed by atoms with E-state index < -0.39 is 23.5 Å². The number of benzene rings is 2. The van der Waals surface area contributed by atoms with Crippen LogP contribution < -0.4 is 5.32 Å². The van der Waals surface area contributed by atoms with Crippen LogP contribution in [0.2, 0.25) is 0 Å². The fraction of sp³-hybridized carbons (Fsp3) is 0.133. The van der Waals surface area contributed by atoms with Gasteiger partial charge in [-0.1, -0.05) is 17.7 Å². The number of carbonyl (C=O) groups is 1. The molecule has 110 valence electrons. The molecule has 2 aromatic rings. The van der Waals surface area contributed by atoms with Gasteiger partial charge in [0.05, 0.1) is 11.1 Å². The highest BCUT2D eigenvalue weighted by Gasteiger charge is 2.30. The molecule has 2 nitrogen and oxygen atoms in total. The van der Waals surface area contributed by atoms with Crippen molar-refractivity contribution in [1.82, 2.24) is 0 Å². The van der Waals surface area contributed by atoms with Crippen LogP contribution in [0, 0.1) is 12.7 Å². The standard InChI is InChI=1S/C15H11F4NO/c1-9-5-6-13(16)12(7-9)14(21)20-11-4-2-3-10(8-11)15(17,18)19/h2-8H,1H3,(H,20,21). The second-order valence-electron chi connectivity index (χ2n) is 4.52. The highest BCUT2D eigenvalue weighted by atomic mass is 19.4. The maximum absolute atomic E-state index is 13.6. The van der Waals surface area contributed by atoms with Crippen LogP contribution in [0.25, 0.3) is 0 Å². The van der Waals surface area contributed by atoms with Crippen molar-refractivity contribution >= 4 is 11.6 Å². The number of carbonyl (C=O) groups excluding carboxylic acids is 1. The largest absolute Gasteiger partial charge is 0.416 e. The zero-order chi connectivity index (χ0) is 15.6. The van der Waals surface area contributed by atoms with E-state index in [4.69, 9.17) is 0 Å². The molecule has 2 rings (SSSR count). The van der Waals surface area contributed by atoms with Crippen molar-refractivity contribution in [2.24, 2.45) is 0 Å². The molecule has 0 aliphatic heterocycles. The van der Waals surface area contributed by atoms with Gasteiger partial charge in [-0.3, -0.25) is 4.79 Å². The van der Waals surface area contributed by atoms with Crippen molar-refractivity contribution in [2.45, 2.75) is 13.1 Å². The van der Waals surface area contributed by atoms with Crippen molar-refractivity contribution in [2.75, 3.05) is 5.32 Å². The molecule has 0 heterocycles. The number of amides is 1. The second kappa shape index (κ2) is 5.55. The summed E-state index contributed by atoms with van der Waals surface area (Å²) in [4.78, 5) is 11.9. The van der Waals surface area contributed by atoms with E-state index in [-0.39, 0.29) is 11.3 Å². The maximum atomic E-state index is 13.6. The predicted octanol–water partition coefficient (Wildman–Crippen LogP) is 4.41. The average Bonchev–Trinajstić information content (AvgIpc) is 2.41. The number of anilines is 1. The third-order valence-corrected chi connectivity index (χ3v) is 2.81.